The molecule has 5 atom stereocenters. The van der Waals surface area contributed by atoms with E-state index < -0.39 is 84.4 Å². The number of likely N-dealkylation sites (N-methyl/N-ethyl adjacent to an activating group) is 1. The van der Waals surface area contributed by atoms with Gasteiger partial charge in [-0.05, 0) is 38.2 Å². The molecular formula is C31H46N6O8. The van der Waals surface area contributed by atoms with Gasteiger partial charge in [-0.3, -0.25) is 28.8 Å². The van der Waals surface area contributed by atoms with E-state index in [0.29, 0.717) is 0 Å². The Morgan fingerprint density at radius 2 is 1.64 bits per heavy atom. The molecule has 0 bridgehead atoms. The molecule has 1 aromatic rings. The fourth-order valence-electron chi connectivity index (χ4n) is 5.36. The van der Waals surface area contributed by atoms with Crippen molar-refractivity contribution in [1.29, 1.82) is 0 Å². The summed E-state index contributed by atoms with van der Waals surface area (Å²) in [7, 11) is 2.74. The number of carbonyl (C=O) groups excluding carboxylic acids is 6. The van der Waals surface area contributed by atoms with E-state index in [1.807, 2.05) is 19.9 Å². The van der Waals surface area contributed by atoms with Gasteiger partial charge in [0, 0.05) is 33.2 Å². The second kappa shape index (κ2) is 15.3. The maximum absolute atomic E-state index is 14.3. The highest BCUT2D eigenvalue weighted by Gasteiger charge is 2.45. The van der Waals surface area contributed by atoms with Crippen LogP contribution in [-0.4, -0.2) is 120 Å². The van der Waals surface area contributed by atoms with Crippen molar-refractivity contribution in [1.82, 2.24) is 31.1 Å². The zero-order valence-electron chi connectivity index (χ0n) is 26.8. The number of aliphatic hydroxyl groups excluding tert-OH is 1. The Hall–Kier alpha value is -4.04. The van der Waals surface area contributed by atoms with Gasteiger partial charge in [0.2, 0.25) is 29.5 Å². The SMILES string of the molecule is COC(C)(C)C(=O)N[C@H]1C[C@H]2C(=O)N[C@@H](CO)C(=O)N(C)CC(=O)N[C@@H](CC(C)C)C(=O)N[C@@H](Cc3ccccc3)C(=O)N2C1. The van der Waals surface area contributed by atoms with Crippen molar-refractivity contribution in [3.63, 3.8) is 0 Å². The first-order valence-electron chi connectivity index (χ1n) is 15.1. The summed E-state index contributed by atoms with van der Waals surface area (Å²) in [5.41, 5.74) is -0.431. The van der Waals surface area contributed by atoms with Crippen LogP contribution in [0.15, 0.2) is 30.3 Å². The summed E-state index contributed by atoms with van der Waals surface area (Å²) in [5, 5.41) is 20.9. The number of fused-ring (bicyclic) bond motifs is 1. The molecule has 0 radical (unpaired) electrons. The Balaban J connectivity index is 2.06. The molecule has 3 rings (SSSR count). The average molecular weight is 631 g/mol. The van der Waals surface area contributed by atoms with E-state index in [9.17, 15) is 33.9 Å². The second-order valence-corrected chi connectivity index (χ2v) is 12.6. The number of hydrogen-bond acceptors (Lipinski definition) is 8. The number of aliphatic hydroxyl groups is 1. The van der Waals surface area contributed by atoms with Gasteiger partial charge in [-0.2, -0.15) is 0 Å². The van der Waals surface area contributed by atoms with Gasteiger partial charge in [-0.1, -0.05) is 44.2 Å². The molecular weight excluding hydrogens is 584 g/mol. The minimum atomic E-state index is -1.40. The van der Waals surface area contributed by atoms with Crippen LogP contribution in [0, 0.1) is 5.92 Å². The number of benzene rings is 1. The Bertz CT molecular complexity index is 1260. The second-order valence-electron chi connectivity index (χ2n) is 12.6. The molecule has 14 nitrogen and oxygen atoms in total. The average Bonchev–Trinajstić information content (AvgIpc) is 3.41. The van der Waals surface area contributed by atoms with Crippen LogP contribution in [0.5, 0.6) is 0 Å². The third-order valence-corrected chi connectivity index (χ3v) is 8.09. The standard InChI is InChI=1S/C31H46N6O8/c1-18(2)12-21-26(40)34-22(13-19-10-8-7-9-11-19)29(43)37-15-20(32-30(44)31(3,4)45-6)14-24(37)27(41)35-23(17-38)28(42)36(5)16-25(39)33-21/h7-11,18,20-24,38H,12-17H2,1-6H3,(H,32,44)(H,33,39)(H,34,40)(H,35,41)/t20-,21-,22-,23-,24-/m0/s1. The van der Waals surface area contributed by atoms with E-state index in [-0.39, 0.29) is 31.7 Å². The van der Waals surface area contributed by atoms with Crippen LogP contribution in [0.2, 0.25) is 0 Å². The Kier molecular flexibility index (Phi) is 12.1. The summed E-state index contributed by atoms with van der Waals surface area (Å²) in [6, 6.07) is 3.69. The highest BCUT2D eigenvalue weighted by molar-refractivity contribution is 5.97. The van der Waals surface area contributed by atoms with Crippen molar-refractivity contribution in [2.75, 3.05) is 33.9 Å². The highest BCUT2D eigenvalue weighted by atomic mass is 16.5. The van der Waals surface area contributed by atoms with E-state index in [4.69, 9.17) is 4.74 Å². The van der Waals surface area contributed by atoms with Crippen LogP contribution in [0.4, 0.5) is 0 Å². The summed E-state index contributed by atoms with van der Waals surface area (Å²) in [6.45, 7) is 5.68. The molecule has 0 aromatic heterocycles. The fourth-order valence-corrected chi connectivity index (χ4v) is 5.36. The maximum atomic E-state index is 14.3. The summed E-state index contributed by atoms with van der Waals surface area (Å²) in [4.78, 5) is 82.9. The van der Waals surface area contributed by atoms with Crippen LogP contribution in [0.1, 0.15) is 46.1 Å². The van der Waals surface area contributed by atoms with Crippen molar-refractivity contribution in [2.24, 2.45) is 5.92 Å². The molecule has 0 aliphatic carbocycles. The Labute approximate surface area is 263 Å². The van der Waals surface area contributed by atoms with Crippen LogP contribution < -0.4 is 21.3 Å². The minimum absolute atomic E-state index is 0.00459. The van der Waals surface area contributed by atoms with Gasteiger partial charge in [0.1, 0.15) is 29.8 Å². The fraction of sp³-hybridized carbons (Fsp3) is 0.613. The summed E-state index contributed by atoms with van der Waals surface area (Å²) in [5.74, 6) is -3.70. The molecule has 248 valence electrons. The normalized spacial score (nSPS) is 25.6. The van der Waals surface area contributed by atoms with Gasteiger partial charge in [-0.25, -0.2) is 0 Å². The van der Waals surface area contributed by atoms with Crippen LogP contribution >= 0.6 is 0 Å². The quantitative estimate of drug-likeness (QED) is 0.235. The van der Waals surface area contributed by atoms with E-state index in [2.05, 4.69) is 21.3 Å². The van der Waals surface area contributed by atoms with Crippen molar-refractivity contribution in [2.45, 2.75) is 82.8 Å². The topological polar surface area (TPSA) is 186 Å². The smallest absolute Gasteiger partial charge is 0.251 e. The lowest BCUT2D eigenvalue weighted by Gasteiger charge is -2.30. The molecule has 2 aliphatic rings. The van der Waals surface area contributed by atoms with Gasteiger partial charge in [-0.15, -0.1) is 0 Å². The molecule has 14 heteroatoms. The maximum Gasteiger partial charge on any atom is 0.251 e. The largest absolute Gasteiger partial charge is 0.394 e. The summed E-state index contributed by atoms with van der Waals surface area (Å²) >= 11 is 0. The molecule has 45 heavy (non-hydrogen) atoms. The number of carbonyl (C=O) groups is 6. The molecule has 2 saturated heterocycles. The van der Waals surface area contributed by atoms with E-state index in [1.54, 1.807) is 38.1 Å². The van der Waals surface area contributed by atoms with E-state index in [1.165, 1.54) is 19.1 Å². The van der Waals surface area contributed by atoms with Crippen molar-refractivity contribution in [3.8, 4) is 0 Å². The van der Waals surface area contributed by atoms with Gasteiger partial charge in [0.05, 0.1) is 13.2 Å². The van der Waals surface area contributed by atoms with Gasteiger partial charge < -0.3 is 40.9 Å². The summed E-state index contributed by atoms with van der Waals surface area (Å²) in [6.07, 6.45) is 0.358. The molecule has 6 amide bonds. The van der Waals surface area contributed by atoms with Crippen molar-refractivity contribution >= 4 is 35.4 Å². The molecule has 1 aromatic carbocycles. The number of nitrogens with one attached hydrogen (secondary N) is 4. The third kappa shape index (κ3) is 9.24. The summed E-state index contributed by atoms with van der Waals surface area (Å²) < 4.78 is 5.28. The number of ether oxygens (including phenoxy) is 1. The first-order valence-corrected chi connectivity index (χ1v) is 15.1. The van der Waals surface area contributed by atoms with Crippen LogP contribution in [0.3, 0.4) is 0 Å². The molecule has 2 aliphatic heterocycles. The Morgan fingerprint density at radius 1 is 1.00 bits per heavy atom. The van der Waals surface area contributed by atoms with Gasteiger partial charge in [0.25, 0.3) is 5.91 Å². The lowest BCUT2D eigenvalue weighted by atomic mass is 10.0. The number of nitrogens with zero attached hydrogens (tertiary/aromatic N) is 2. The molecule has 0 spiro atoms. The number of methoxy groups -OCH3 is 1. The molecule has 5 N–H and O–H groups in total. The zero-order valence-corrected chi connectivity index (χ0v) is 26.8. The number of hydrogen-bond donors (Lipinski definition) is 5. The van der Waals surface area contributed by atoms with Gasteiger partial charge in [0.15, 0.2) is 0 Å². The molecule has 0 saturated carbocycles. The molecule has 0 unspecified atom stereocenters. The number of rotatable bonds is 8. The zero-order chi connectivity index (χ0) is 33.5. The van der Waals surface area contributed by atoms with E-state index in [0.717, 1.165) is 10.5 Å². The minimum Gasteiger partial charge on any atom is -0.394 e. The molecule has 2 heterocycles. The highest BCUT2D eigenvalue weighted by Crippen LogP contribution is 2.22. The van der Waals surface area contributed by atoms with E-state index >= 15 is 0 Å². The predicted molar refractivity (Wildman–Crippen MR) is 163 cm³/mol. The monoisotopic (exact) mass is 630 g/mol. The van der Waals surface area contributed by atoms with Crippen LogP contribution in [-0.2, 0) is 39.9 Å². The third-order valence-electron chi connectivity index (χ3n) is 8.09. The first kappa shape index (κ1) is 35.4. The lowest BCUT2D eigenvalue weighted by molar-refractivity contribution is -0.143. The van der Waals surface area contributed by atoms with Crippen LogP contribution in [0.25, 0.3) is 0 Å². The predicted octanol–water partition coefficient (Wildman–Crippen LogP) is -1.30. The van der Waals surface area contributed by atoms with Crippen molar-refractivity contribution in [3.05, 3.63) is 35.9 Å². The first-order chi connectivity index (χ1) is 21.2. The molecule has 2 fully saturated rings. The lowest BCUT2D eigenvalue weighted by Crippen LogP contribution is -2.58. The number of amides is 6. The Morgan fingerprint density at radius 3 is 2.24 bits per heavy atom. The van der Waals surface area contributed by atoms with Crippen molar-refractivity contribution < 1.29 is 38.6 Å². The van der Waals surface area contributed by atoms with Gasteiger partial charge >= 0.3 is 0 Å².